The monoisotopic (exact) mass is 189 g/mol. The molecule has 66 valence electrons. The molecule has 0 saturated carbocycles. The van der Waals surface area contributed by atoms with Gasteiger partial charge >= 0.3 is 0 Å². The van der Waals surface area contributed by atoms with Gasteiger partial charge in [0.05, 0.1) is 12.1 Å². The van der Waals surface area contributed by atoms with Gasteiger partial charge in [0.2, 0.25) is 0 Å². The van der Waals surface area contributed by atoms with E-state index in [0.717, 1.165) is 0 Å². The molecule has 0 aromatic heterocycles. The Labute approximate surface area is 74.6 Å². The summed E-state index contributed by atoms with van der Waals surface area (Å²) in [5.41, 5.74) is 1.55. The van der Waals surface area contributed by atoms with E-state index < -0.39 is 0 Å². The summed E-state index contributed by atoms with van der Waals surface area (Å²) in [6.07, 6.45) is 0. The van der Waals surface area contributed by atoms with Crippen molar-refractivity contribution in [2.45, 2.75) is 0 Å². The maximum absolute atomic E-state index is 8.19. The minimum atomic E-state index is 0.406. The van der Waals surface area contributed by atoms with Crippen LogP contribution in [0.1, 0.15) is 0 Å². The predicted octanol–water partition coefficient (Wildman–Crippen LogP) is 1.62. The molecule has 5 heteroatoms. The molecule has 0 radical (unpaired) electrons. The molecule has 1 rings (SSSR count). The summed E-state index contributed by atoms with van der Waals surface area (Å²) in [6, 6.07) is 4.76. The molecule has 0 aliphatic carbocycles. The van der Waals surface area contributed by atoms with Crippen LogP contribution >= 0.6 is 11.6 Å². The van der Waals surface area contributed by atoms with Gasteiger partial charge in [-0.15, -0.1) is 0 Å². The van der Waals surface area contributed by atoms with E-state index in [1.54, 1.807) is 17.8 Å². The van der Waals surface area contributed by atoms with E-state index in [9.17, 15) is 0 Å². The molecule has 0 bridgehead atoms. The van der Waals surface area contributed by atoms with Gasteiger partial charge < -0.3 is 9.57 Å². The average molecular weight is 190 g/mol. The van der Waals surface area contributed by atoms with Crippen molar-refractivity contribution in [2.24, 2.45) is 0 Å². The molecule has 1 aromatic rings. The van der Waals surface area contributed by atoms with Crippen molar-refractivity contribution in [3.05, 3.63) is 23.2 Å². The van der Waals surface area contributed by atoms with Gasteiger partial charge in [-0.3, -0.25) is 5.21 Å². The van der Waals surface area contributed by atoms with E-state index in [4.69, 9.17) is 21.5 Å². The fourth-order valence-corrected chi connectivity index (χ4v) is 1.01. The van der Waals surface area contributed by atoms with Crippen LogP contribution in [0, 0.1) is 0 Å². The molecule has 0 heterocycles. The second kappa shape index (κ2) is 4.15. The third kappa shape index (κ3) is 2.01. The molecule has 1 aromatic carbocycles. The maximum Gasteiger partial charge on any atom is 0.151 e. The number of nitrogens with one attached hydrogen (secondary N) is 1. The summed E-state index contributed by atoms with van der Waals surface area (Å²) >= 11 is 5.75. The van der Waals surface area contributed by atoms with Crippen molar-refractivity contribution in [3.63, 3.8) is 0 Å². The Morgan fingerprint density at radius 3 is 2.75 bits per heavy atom. The van der Waals surface area contributed by atoms with Gasteiger partial charge in [-0.05, 0) is 17.8 Å². The Morgan fingerprint density at radius 1 is 1.50 bits per heavy atom. The topological polar surface area (TPSA) is 50.7 Å². The van der Waals surface area contributed by atoms with Crippen molar-refractivity contribution < 1.29 is 14.8 Å². The fraction of sp³-hybridized carbons (Fsp3) is 0.143. The van der Waals surface area contributed by atoms with Crippen molar-refractivity contribution >= 4 is 11.6 Å². The smallest absolute Gasteiger partial charge is 0.151 e. The van der Waals surface area contributed by atoms with Crippen LogP contribution in [0.4, 0.5) is 0 Å². The highest BCUT2D eigenvalue weighted by atomic mass is 35.5. The zero-order valence-corrected chi connectivity index (χ0v) is 7.13. The molecule has 0 unspecified atom stereocenters. The third-order valence-electron chi connectivity index (χ3n) is 1.29. The summed E-state index contributed by atoms with van der Waals surface area (Å²) < 4.78 is 4.91. The number of benzene rings is 1. The molecule has 0 spiro atoms. The van der Waals surface area contributed by atoms with Crippen LogP contribution in [0.2, 0.25) is 5.02 Å². The first-order valence-electron chi connectivity index (χ1n) is 3.17. The highest BCUT2D eigenvalue weighted by Gasteiger charge is 2.01. The second-order valence-corrected chi connectivity index (χ2v) is 2.40. The van der Waals surface area contributed by atoms with Crippen molar-refractivity contribution in [3.8, 4) is 11.5 Å². The van der Waals surface area contributed by atoms with Crippen LogP contribution in [0.3, 0.4) is 0 Å². The summed E-state index contributed by atoms with van der Waals surface area (Å²) in [4.78, 5) is 4.55. The summed E-state index contributed by atoms with van der Waals surface area (Å²) in [5.74, 6) is 0.963. The minimum Gasteiger partial charge on any atom is -0.495 e. The number of rotatable bonds is 3. The quantitative estimate of drug-likeness (QED) is 0.710. The van der Waals surface area contributed by atoms with E-state index in [1.165, 1.54) is 13.2 Å². The van der Waals surface area contributed by atoms with E-state index in [0.29, 0.717) is 16.5 Å². The second-order valence-electron chi connectivity index (χ2n) is 1.99. The number of halogens is 1. The van der Waals surface area contributed by atoms with E-state index in [-0.39, 0.29) is 0 Å². The highest BCUT2D eigenvalue weighted by Crippen LogP contribution is 2.27. The Balaban J connectivity index is 2.86. The van der Waals surface area contributed by atoms with Gasteiger partial charge in [-0.2, -0.15) is 0 Å². The Morgan fingerprint density at radius 2 is 2.25 bits per heavy atom. The molecule has 12 heavy (non-hydrogen) atoms. The van der Waals surface area contributed by atoms with Crippen LogP contribution < -0.4 is 15.2 Å². The van der Waals surface area contributed by atoms with Crippen LogP contribution in [0.25, 0.3) is 0 Å². The summed E-state index contributed by atoms with van der Waals surface area (Å²) in [7, 11) is 1.52. The lowest BCUT2D eigenvalue weighted by Crippen LogP contribution is -2.11. The minimum absolute atomic E-state index is 0.406. The Bertz CT molecular complexity index is 267. The van der Waals surface area contributed by atoms with Crippen LogP contribution in [-0.4, -0.2) is 12.3 Å². The first-order valence-corrected chi connectivity index (χ1v) is 3.55. The average Bonchev–Trinajstić information content (AvgIpc) is 2.05. The SMILES string of the molecule is COc1ccc(ONO)cc1Cl. The number of ether oxygens (including phenoxy) is 1. The first kappa shape index (κ1) is 9.12. The van der Waals surface area contributed by atoms with E-state index in [2.05, 4.69) is 4.84 Å². The molecular formula is C7H8ClNO3. The molecule has 0 atom stereocenters. The Hall–Kier alpha value is -0.970. The highest BCUT2D eigenvalue weighted by molar-refractivity contribution is 6.32. The third-order valence-corrected chi connectivity index (χ3v) is 1.58. The first-order chi connectivity index (χ1) is 5.77. The van der Waals surface area contributed by atoms with Crippen molar-refractivity contribution in [2.75, 3.05) is 7.11 Å². The van der Waals surface area contributed by atoms with E-state index in [1.807, 2.05) is 0 Å². The number of methoxy groups -OCH3 is 1. The van der Waals surface area contributed by atoms with Gasteiger partial charge in [0, 0.05) is 6.07 Å². The lowest BCUT2D eigenvalue weighted by atomic mass is 10.3. The molecule has 2 N–H and O–H groups in total. The lowest BCUT2D eigenvalue weighted by Gasteiger charge is -2.04. The predicted molar refractivity (Wildman–Crippen MR) is 43.6 cm³/mol. The number of hydrogen-bond donors (Lipinski definition) is 2. The Kier molecular flexibility index (Phi) is 3.16. The largest absolute Gasteiger partial charge is 0.495 e. The van der Waals surface area contributed by atoms with Gasteiger partial charge in [0.15, 0.2) is 5.75 Å². The van der Waals surface area contributed by atoms with Crippen LogP contribution in [0.15, 0.2) is 18.2 Å². The molecule has 4 nitrogen and oxygen atoms in total. The molecule has 0 saturated heterocycles. The van der Waals surface area contributed by atoms with Crippen LogP contribution in [-0.2, 0) is 0 Å². The normalized spacial score (nSPS) is 9.58. The molecule has 0 fully saturated rings. The van der Waals surface area contributed by atoms with Gasteiger partial charge in [0.1, 0.15) is 5.75 Å². The lowest BCUT2D eigenvalue weighted by molar-refractivity contribution is -0.0436. The maximum atomic E-state index is 8.19. The summed E-state index contributed by atoms with van der Waals surface area (Å²) in [5, 5.41) is 8.61. The van der Waals surface area contributed by atoms with Gasteiger partial charge in [-0.25, -0.2) is 0 Å². The van der Waals surface area contributed by atoms with Crippen molar-refractivity contribution in [1.29, 1.82) is 0 Å². The number of hydrogen-bond acceptors (Lipinski definition) is 4. The molecule has 0 aliphatic heterocycles. The standard InChI is InChI=1S/C7H8ClNO3/c1-11-7-3-2-5(12-9-10)4-6(7)8/h2-4,9-10H,1H3. The molecular weight excluding hydrogens is 182 g/mol. The zero-order valence-electron chi connectivity index (χ0n) is 6.37. The fourth-order valence-electron chi connectivity index (χ4n) is 0.763. The zero-order chi connectivity index (χ0) is 8.97. The molecule has 0 aliphatic rings. The van der Waals surface area contributed by atoms with Gasteiger partial charge in [0.25, 0.3) is 0 Å². The van der Waals surface area contributed by atoms with Crippen molar-refractivity contribution in [1.82, 2.24) is 5.64 Å². The molecule has 0 amide bonds. The van der Waals surface area contributed by atoms with Gasteiger partial charge in [-0.1, -0.05) is 11.6 Å². The van der Waals surface area contributed by atoms with E-state index >= 15 is 0 Å². The van der Waals surface area contributed by atoms with Crippen LogP contribution in [0.5, 0.6) is 11.5 Å². The summed E-state index contributed by atoms with van der Waals surface area (Å²) in [6.45, 7) is 0.